The summed E-state index contributed by atoms with van der Waals surface area (Å²) in [4.78, 5) is 0. The van der Waals surface area contributed by atoms with Crippen molar-refractivity contribution in [3.05, 3.63) is 51.2 Å². The van der Waals surface area contributed by atoms with Gasteiger partial charge in [-0.15, -0.1) is 0 Å². The van der Waals surface area contributed by atoms with Crippen molar-refractivity contribution in [1.82, 2.24) is 9.78 Å². The number of aromatic nitrogens is 2. The molecule has 0 spiro atoms. The first-order valence-corrected chi connectivity index (χ1v) is 6.45. The van der Waals surface area contributed by atoms with E-state index in [1.807, 2.05) is 25.1 Å². The van der Waals surface area contributed by atoms with E-state index < -0.39 is 6.10 Å². The molecule has 0 aliphatic carbocycles. The predicted octanol–water partition coefficient (Wildman–Crippen LogP) is 3.40. The Morgan fingerprint density at radius 3 is 2.88 bits per heavy atom. The molecular weight excluding hydrogens is 304 g/mol. The normalized spacial score (nSPS) is 12.7. The van der Waals surface area contributed by atoms with Crippen LogP contribution in [0.2, 0.25) is 5.02 Å². The van der Waals surface area contributed by atoms with Crippen LogP contribution in [0.3, 0.4) is 0 Å². The number of aliphatic hydroxyl groups is 1. The summed E-state index contributed by atoms with van der Waals surface area (Å²) in [6, 6.07) is 7.21. The van der Waals surface area contributed by atoms with Gasteiger partial charge in [0.25, 0.3) is 0 Å². The van der Waals surface area contributed by atoms with E-state index in [9.17, 15) is 5.11 Å². The predicted molar refractivity (Wildman–Crippen MR) is 71.1 cm³/mol. The minimum absolute atomic E-state index is 0.630. The fraction of sp³-hybridized carbons (Fsp3) is 0.250. The third-order valence-electron chi connectivity index (χ3n) is 2.59. The zero-order chi connectivity index (χ0) is 12.4. The molecule has 0 aliphatic rings. The van der Waals surface area contributed by atoms with E-state index in [0.29, 0.717) is 5.02 Å². The van der Waals surface area contributed by atoms with Gasteiger partial charge in [-0.2, -0.15) is 5.10 Å². The Hall–Kier alpha value is -0.840. The Morgan fingerprint density at radius 2 is 2.24 bits per heavy atom. The number of nitrogens with zero attached hydrogens (tertiary/aromatic N) is 2. The van der Waals surface area contributed by atoms with E-state index in [-0.39, 0.29) is 0 Å². The summed E-state index contributed by atoms with van der Waals surface area (Å²) in [6.07, 6.45) is 0.999. The SMILES string of the molecule is CCn1nccc1C(O)c1ccc(Cl)c(Br)c1. The molecule has 3 nitrogen and oxygen atoms in total. The Labute approximate surface area is 113 Å². The summed E-state index contributed by atoms with van der Waals surface area (Å²) in [7, 11) is 0. The Kier molecular flexibility index (Phi) is 3.86. The molecule has 0 amide bonds. The topological polar surface area (TPSA) is 38.0 Å². The molecular formula is C12H12BrClN2O. The molecule has 0 aliphatic heterocycles. The van der Waals surface area contributed by atoms with Gasteiger partial charge in [0.15, 0.2) is 0 Å². The number of aryl methyl sites for hydroxylation is 1. The van der Waals surface area contributed by atoms with Crippen molar-refractivity contribution >= 4 is 27.5 Å². The van der Waals surface area contributed by atoms with E-state index in [0.717, 1.165) is 22.3 Å². The van der Waals surface area contributed by atoms with Crippen LogP contribution in [0.15, 0.2) is 34.9 Å². The van der Waals surface area contributed by atoms with Crippen molar-refractivity contribution in [2.75, 3.05) is 0 Å². The number of hydrogen-bond donors (Lipinski definition) is 1. The number of aliphatic hydroxyl groups excluding tert-OH is 1. The Morgan fingerprint density at radius 1 is 1.47 bits per heavy atom. The molecule has 1 unspecified atom stereocenters. The lowest BCUT2D eigenvalue weighted by atomic mass is 10.1. The van der Waals surface area contributed by atoms with Gasteiger partial charge in [-0.3, -0.25) is 4.68 Å². The van der Waals surface area contributed by atoms with Gasteiger partial charge in [-0.1, -0.05) is 17.7 Å². The summed E-state index contributed by atoms with van der Waals surface area (Å²) in [5.74, 6) is 0. The molecule has 2 rings (SSSR count). The second-order valence-electron chi connectivity index (χ2n) is 3.65. The van der Waals surface area contributed by atoms with E-state index in [2.05, 4.69) is 21.0 Å². The first-order chi connectivity index (χ1) is 8.13. The standard InChI is InChI=1S/C12H12BrClN2O/c1-2-16-11(5-6-15-16)12(17)8-3-4-10(14)9(13)7-8/h3-7,12,17H,2H2,1H3. The summed E-state index contributed by atoms with van der Waals surface area (Å²) >= 11 is 9.27. The van der Waals surface area contributed by atoms with Crippen LogP contribution in [0, 0.1) is 0 Å². The molecule has 90 valence electrons. The smallest absolute Gasteiger partial charge is 0.121 e. The van der Waals surface area contributed by atoms with E-state index >= 15 is 0 Å². The lowest BCUT2D eigenvalue weighted by molar-refractivity contribution is 0.208. The Balaban J connectivity index is 2.36. The summed E-state index contributed by atoms with van der Waals surface area (Å²) in [5.41, 5.74) is 1.57. The average molecular weight is 316 g/mol. The first-order valence-electron chi connectivity index (χ1n) is 5.28. The van der Waals surface area contributed by atoms with Gasteiger partial charge < -0.3 is 5.11 Å². The fourth-order valence-corrected chi connectivity index (χ4v) is 2.21. The van der Waals surface area contributed by atoms with Crippen LogP contribution in [-0.4, -0.2) is 14.9 Å². The van der Waals surface area contributed by atoms with Gasteiger partial charge in [0.1, 0.15) is 6.10 Å². The minimum Gasteiger partial charge on any atom is -0.382 e. The number of rotatable bonds is 3. The van der Waals surface area contributed by atoms with E-state index in [1.54, 1.807) is 16.9 Å². The minimum atomic E-state index is -0.689. The maximum atomic E-state index is 10.3. The summed E-state index contributed by atoms with van der Waals surface area (Å²) < 4.78 is 2.55. The second kappa shape index (κ2) is 5.21. The largest absolute Gasteiger partial charge is 0.382 e. The van der Waals surface area contributed by atoms with Gasteiger partial charge in [-0.05, 0) is 46.6 Å². The fourth-order valence-electron chi connectivity index (χ4n) is 1.69. The highest BCUT2D eigenvalue weighted by molar-refractivity contribution is 9.10. The quantitative estimate of drug-likeness (QED) is 0.942. The molecule has 0 radical (unpaired) electrons. The molecule has 1 atom stereocenters. The van der Waals surface area contributed by atoms with Crippen molar-refractivity contribution in [2.24, 2.45) is 0 Å². The highest BCUT2D eigenvalue weighted by Crippen LogP contribution is 2.28. The second-order valence-corrected chi connectivity index (χ2v) is 4.91. The van der Waals surface area contributed by atoms with Crippen LogP contribution in [0.5, 0.6) is 0 Å². The Bertz CT molecular complexity index is 527. The zero-order valence-electron chi connectivity index (χ0n) is 9.27. The highest BCUT2D eigenvalue weighted by atomic mass is 79.9. The van der Waals surface area contributed by atoms with E-state index in [1.165, 1.54) is 0 Å². The average Bonchev–Trinajstić information content (AvgIpc) is 2.80. The third kappa shape index (κ3) is 2.54. The van der Waals surface area contributed by atoms with Gasteiger partial charge in [-0.25, -0.2) is 0 Å². The van der Waals surface area contributed by atoms with Gasteiger partial charge in [0.2, 0.25) is 0 Å². The number of halogens is 2. The van der Waals surface area contributed by atoms with Crippen molar-refractivity contribution in [2.45, 2.75) is 19.6 Å². The summed E-state index contributed by atoms with van der Waals surface area (Å²) in [5, 5.41) is 15.1. The van der Waals surface area contributed by atoms with Crippen LogP contribution < -0.4 is 0 Å². The maximum absolute atomic E-state index is 10.3. The van der Waals surface area contributed by atoms with Gasteiger partial charge in [0, 0.05) is 17.2 Å². The molecule has 1 heterocycles. The lowest BCUT2D eigenvalue weighted by Crippen LogP contribution is -2.09. The van der Waals surface area contributed by atoms with Crippen LogP contribution in [0.4, 0.5) is 0 Å². The molecule has 1 aromatic heterocycles. The number of hydrogen-bond acceptors (Lipinski definition) is 2. The third-order valence-corrected chi connectivity index (χ3v) is 3.80. The first kappa shape index (κ1) is 12.6. The molecule has 0 fully saturated rings. The van der Waals surface area contributed by atoms with Gasteiger partial charge >= 0.3 is 0 Å². The maximum Gasteiger partial charge on any atom is 0.121 e. The van der Waals surface area contributed by atoms with Crippen molar-refractivity contribution < 1.29 is 5.11 Å². The number of benzene rings is 1. The van der Waals surface area contributed by atoms with Crippen LogP contribution in [-0.2, 0) is 6.54 Å². The zero-order valence-corrected chi connectivity index (χ0v) is 11.6. The van der Waals surface area contributed by atoms with E-state index in [4.69, 9.17) is 11.6 Å². The van der Waals surface area contributed by atoms with Crippen LogP contribution in [0.1, 0.15) is 24.3 Å². The summed E-state index contributed by atoms with van der Waals surface area (Å²) in [6.45, 7) is 2.72. The lowest BCUT2D eigenvalue weighted by Gasteiger charge is -2.13. The highest BCUT2D eigenvalue weighted by Gasteiger charge is 2.15. The van der Waals surface area contributed by atoms with Crippen molar-refractivity contribution in [3.63, 3.8) is 0 Å². The molecule has 5 heteroatoms. The molecule has 0 saturated carbocycles. The molecule has 2 aromatic rings. The molecule has 17 heavy (non-hydrogen) atoms. The van der Waals surface area contributed by atoms with Crippen LogP contribution >= 0.6 is 27.5 Å². The van der Waals surface area contributed by atoms with Crippen LogP contribution in [0.25, 0.3) is 0 Å². The molecule has 0 saturated heterocycles. The monoisotopic (exact) mass is 314 g/mol. The molecule has 1 N–H and O–H groups in total. The van der Waals surface area contributed by atoms with Crippen molar-refractivity contribution in [1.29, 1.82) is 0 Å². The molecule has 0 bridgehead atoms. The molecule has 1 aromatic carbocycles. The van der Waals surface area contributed by atoms with Gasteiger partial charge in [0.05, 0.1) is 10.7 Å². The van der Waals surface area contributed by atoms with Crippen molar-refractivity contribution in [3.8, 4) is 0 Å².